The maximum absolute atomic E-state index is 9.92. The number of hydrogen-bond donors (Lipinski definition) is 0. The van der Waals surface area contributed by atoms with Crippen molar-refractivity contribution in [3.05, 3.63) is 95.1 Å². The number of para-hydroxylation sites is 1. The molecule has 5 nitrogen and oxygen atoms in total. The molecule has 0 aliphatic rings. The van der Waals surface area contributed by atoms with Crippen molar-refractivity contribution in [2.45, 2.75) is 0 Å². The second kappa shape index (κ2) is 9.42. The number of methoxy groups -OCH3 is 2. The van der Waals surface area contributed by atoms with E-state index >= 15 is 0 Å². The van der Waals surface area contributed by atoms with Crippen LogP contribution in [0.15, 0.2) is 79.0 Å². The summed E-state index contributed by atoms with van der Waals surface area (Å²) in [5.41, 5.74) is 4.58. The lowest BCUT2D eigenvalue weighted by atomic mass is 10.0. The fourth-order valence-electron chi connectivity index (χ4n) is 3.38. The van der Waals surface area contributed by atoms with Crippen molar-refractivity contribution >= 4 is 23.3 Å². The van der Waals surface area contributed by atoms with E-state index in [1.54, 1.807) is 31.0 Å². The first-order chi connectivity index (χ1) is 15.6. The zero-order chi connectivity index (χ0) is 22.5. The van der Waals surface area contributed by atoms with Crippen molar-refractivity contribution in [1.29, 1.82) is 5.26 Å². The molecule has 32 heavy (non-hydrogen) atoms. The molecule has 158 valence electrons. The average Bonchev–Trinajstić information content (AvgIpc) is 3.27. The van der Waals surface area contributed by atoms with Crippen LogP contribution in [0.25, 0.3) is 28.6 Å². The number of rotatable bonds is 6. The van der Waals surface area contributed by atoms with Gasteiger partial charge < -0.3 is 9.47 Å². The Morgan fingerprint density at radius 2 is 1.69 bits per heavy atom. The standard InChI is InChI=1S/C26H20ClN3O2/c1-31-24-13-10-19(15-25(24)32-2)20(16-28)14-21-17-30(23-6-4-3-5-7-23)29-26(21)18-8-11-22(27)12-9-18/h3-15,17H,1-2H3. The molecule has 0 aliphatic carbocycles. The largest absolute Gasteiger partial charge is 0.493 e. The van der Waals surface area contributed by atoms with Gasteiger partial charge in [-0.3, -0.25) is 0 Å². The third-order valence-corrected chi connectivity index (χ3v) is 5.25. The first kappa shape index (κ1) is 21.2. The van der Waals surface area contributed by atoms with Crippen molar-refractivity contribution in [2.75, 3.05) is 14.2 Å². The number of benzene rings is 3. The van der Waals surface area contributed by atoms with Gasteiger partial charge in [0.25, 0.3) is 0 Å². The van der Waals surface area contributed by atoms with Crippen LogP contribution in [0.3, 0.4) is 0 Å². The van der Waals surface area contributed by atoms with E-state index in [2.05, 4.69) is 6.07 Å². The van der Waals surface area contributed by atoms with Crippen molar-refractivity contribution in [3.8, 4) is 34.5 Å². The van der Waals surface area contributed by atoms with Crippen LogP contribution in [0, 0.1) is 11.3 Å². The normalized spacial score (nSPS) is 11.1. The van der Waals surface area contributed by atoms with Crippen LogP contribution in [0.5, 0.6) is 11.5 Å². The number of nitrogens with zero attached hydrogens (tertiary/aromatic N) is 3. The molecule has 0 bridgehead atoms. The highest BCUT2D eigenvalue weighted by Crippen LogP contribution is 2.33. The van der Waals surface area contributed by atoms with Gasteiger partial charge in [0.1, 0.15) is 0 Å². The number of allylic oxidation sites excluding steroid dienone is 1. The van der Waals surface area contributed by atoms with Crippen LogP contribution in [0.1, 0.15) is 11.1 Å². The summed E-state index contributed by atoms with van der Waals surface area (Å²) in [5.74, 6) is 1.16. The van der Waals surface area contributed by atoms with Gasteiger partial charge in [-0.05, 0) is 54.1 Å². The van der Waals surface area contributed by atoms with Crippen molar-refractivity contribution in [3.63, 3.8) is 0 Å². The number of nitriles is 1. The minimum absolute atomic E-state index is 0.480. The molecule has 4 aromatic rings. The van der Waals surface area contributed by atoms with Gasteiger partial charge in [0.05, 0.1) is 37.2 Å². The third-order valence-electron chi connectivity index (χ3n) is 5.00. The predicted octanol–water partition coefficient (Wildman–Crippen LogP) is 6.27. The fraction of sp³-hybridized carbons (Fsp3) is 0.0769. The Balaban J connectivity index is 1.85. The molecule has 0 saturated carbocycles. The van der Waals surface area contributed by atoms with Crippen molar-refractivity contribution in [1.82, 2.24) is 9.78 Å². The van der Waals surface area contributed by atoms with Gasteiger partial charge in [0.15, 0.2) is 11.5 Å². The molecule has 1 heterocycles. The Morgan fingerprint density at radius 1 is 0.969 bits per heavy atom. The molecular formula is C26H20ClN3O2. The number of halogens is 1. The number of ether oxygens (including phenoxy) is 2. The molecular weight excluding hydrogens is 422 g/mol. The first-order valence-corrected chi connectivity index (χ1v) is 10.3. The third kappa shape index (κ3) is 4.36. The van der Waals surface area contributed by atoms with E-state index in [-0.39, 0.29) is 0 Å². The summed E-state index contributed by atoms with van der Waals surface area (Å²) >= 11 is 6.08. The molecule has 1 aromatic heterocycles. The van der Waals surface area contributed by atoms with Gasteiger partial charge in [0, 0.05) is 22.3 Å². The van der Waals surface area contributed by atoms with E-state index < -0.39 is 0 Å². The molecule has 4 rings (SSSR count). The van der Waals surface area contributed by atoms with E-state index in [0.29, 0.717) is 22.1 Å². The van der Waals surface area contributed by atoms with Crippen LogP contribution < -0.4 is 9.47 Å². The Morgan fingerprint density at radius 3 is 2.34 bits per heavy atom. The quantitative estimate of drug-likeness (QED) is 0.330. The van der Waals surface area contributed by atoms with Crippen molar-refractivity contribution < 1.29 is 9.47 Å². The maximum Gasteiger partial charge on any atom is 0.161 e. The van der Waals surface area contributed by atoms with Crippen LogP contribution in [-0.4, -0.2) is 24.0 Å². The molecule has 0 spiro atoms. The molecule has 0 aliphatic heterocycles. The summed E-state index contributed by atoms with van der Waals surface area (Å²) < 4.78 is 12.5. The molecule has 3 aromatic carbocycles. The minimum atomic E-state index is 0.480. The number of hydrogen-bond acceptors (Lipinski definition) is 4. The molecule has 6 heteroatoms. The highest BCUT2D eigenvalue weighted by atomic mass is 35.5. The van der Waals surface area contributed by atoms with Gasteiger partial charge >= 0.3 is 0 Å². The molecule has 0 amide bonds. The average molecular weight is 442 g/mol. The summed E-state index contributed by atoms with van der Waals surface area (Å²) in [6.07, 6.45) is 3.75. The number of aromatic nitrogens is 2. The topological polar surface area (TPSA) is 60.1 Å². The maximum atomic E-state index is 9.92. The highest BCUT2D eigenvalue weighted by Gasteiger charge is 2.14. The molecule has 0 radical (unpaired) electrons. The van der Waals surface area contributed by atoms with E-state index in [9.17, 15) is 5.26 Å². The molecule has 0 fully saturated rings. The van der Waals surface area contributed by atoms with Crippen LogP contribution in [0.2, 0.25) is 5.02 Å². The monoisotopic (exact) mass is 441 g/mol. The van der Waals surface area contributed by atoms with Crippen LogP contribution in [0.4, 0.5) is 0 Å². The summed E-state index contributed by atoms with van der Waals surface area (Å²) in [7, 11) is 3.15. The summed E-state index contributed by atoms with van der Waals surface area (Å²) in [5, 5.41) is 15.4. The first-order valence-electron chi connectivity index (χ1n) is 9.88. The molecule has 0 N–H and O–H groups in total. The van der Waals surface area contributed by atoms with Crippen LogP contribution >= 0.6 is 11.6 Å². The summed E-state index contributed by atoms with van der Waals surface area (Å²) in [6, 6.07) is 25.0. The molecule has 0 saturated heterocycles. The lowest BCUT2D eigenvalue weighted by molar-refractivity contribution is 0.355. The van der Waals surface area contributed by atoms with Gasteiger partial charge in [-0.1, -0.05) is 41.9 Å². The van der Waals surface area contributed by atoms with E-state index in [1.807, 2.05) is 72.9 Å². The Hall–Kier alpha value is -4.01. The molecule has 0 atom stereocenters. The lowest BCUT2D eigenvalue weighted by Gasteiger charge is -2.09. The second-order valence-corrected chi connectivity index (χ2v) is 7.40. The minimum Gasteiger partial charge on any atom is -0.493 e. The summed E-state index contributed by atoms with van der Waals surface area (Å²) in [6.45, 7) is 0. The smallest absolute Gasteiger partial charge is 0.161 e. The van der Waals surface area contributed by atoms with E-state index in [0.717, 1.165) is 28.1 Å². The Labute approximate surface area is 191 Å². The second-order valence-electron chi connectivity index (χ2n) is 6.96. The SMILES string of the molecule is COc1ccc(C(C#N)=Cc2cn(-c3ccccc3)nc2-c2ccc(Cl)cc2)cc1OC. The zero-order valence-corrected chi connectivity index (χ0v) is 18.4. The Kier molecular flexibility index (Phi) is 6.25. The highest BCUT2D eigenvalue weighted by molar-refractivity contribution is 6.30. The Bertz CT molecular complexity index is 1300. The zero-order valence-electron chi connectivity index (χ0n) is 17.6. The van der Waals surface area contributed by atoms with Gasteiger partial charge in [-0.25, -0.2) is 4.68 Å². The van der Waals surface area contributed by atoms with E-state index in [4.69, 9.17) is 26.2 Å². The van der Waals surface area contributed by atoms with Crippen LogP contribution in [-0.2, 0) is 0 Å². The summed E-state index contributed by atoms with van der Waals surface area (Å²) in [4.78, 5) is 0. The predicted molar refractivity (Wildman–Crippen MR) is 127 cm³/mol. The molecule has 0 unspecified atom stereocenters. The van der Waals surface area contributed by atoms with Crippen molar-refractivity contribution in [2.24, 2.45) is 0 Å². The van der Waals surface area contributed by atoms with Gasteiger partial charge in [-0.2, -0.15) is 10.4 Å². The van der Waals surface area contributed by atoms with Gasteiger partial charge in [-0.15, -0.1) is 0 Å². The lowest BCUT2D eigenvalue weighted by Crippen LogP contribution is -1.93. The van der Waals surface area contributed by atoms with E-state index in [1.165, 1.54) is 0 Å². The van der Waals surface area contributed by atoms with Gasteiger partial charge in [0.2, 0.25) is 0 Å². The fourth-order valence-corrected chi connectivity index (χ4v) is 3.50.